The number of amides is 1. The second kappa shape index (κ2) is 5.96. The highest BCUT2D eigenvalue weighted by atomic mass is 32.1. The molecule has 1 heterocycles. The van der Waals surface area contributed by atoms with Gasteiger partial charge in [0.1, 0.15) is 0 Å². The third-order valence-electron chi connectivity index (χ3n) is 3.64. The number of rotatable bonds is 2. The molecule has 5 heteroatoms. The summed E-state index contributed by atoms with van der Waals surface area (Å²) in [6, 6.07) is 20.7. The molecule has 4 nitrogen and oxygen atoms in total. The van der Waals surface area contributed by atoms with Crippen molar-refractivity contribution in [2.45, 2.75) is 6.04 Å². The molecule has 3 rings (SSSR count). The quantitative estimate of drug-likeness (QED) is 0.867. The van der Waals surface area contributed by atoms with Crippen molar-refractivity contribution < 1.29 is 4.79 Å². The fourth-order valence-corrected chi connectivity index (χ4v) is 2.97. The second-order valence-corrected chi connectivity index (χ2v) is 5.35. The van der Waals surface area contributed by atoms with E-state index in [1.165, 1.54) is 0 Å². The summed E-state index contributed by atoms with van der Waals surface area (Å²) in [4.78, 5) is 14.0. The average Bonchev–Trinajstić information content (AvgIpc) is 2.56. The minimum atomic E-state index is -0.825. The third kappa shape index (κ3) is 2.45. The lowest BCUT2D eigenvalue weighted by Crippen LogP contribution is -2.55. The summed E-state index contributed by atoms with van der Waals surface area (Å²) >= 11 is 5.35. The molecule has 1 amide bonds. The highest BCUT2D eigenvalue weighted by Crippen LogP contribution is 2.35. The summed E-state index contributed by atoms with van der Waals surface area (Å²) in [5.74, 6) is -1.18. The topological polar surface area (TPSA) is 56.1 Å². The van der Waals surface area contributed by atoms with Crippen LogP contribution in [0.1, 0.15) is 11.6 Å². The molecule has 2 aromatic rings. The fraction of sp³-hybridized carbons (Fsp3) is 0.118. The lowest BCUT2D eigenvalue weighted by Gasteiger charge is -2.40. The van der Waals surface area contributed by atoms with Crippen LogP contribution in [0.2, 0.25) is 0 Å². The fourth-order valence-electron chi connectivity index (χ4n) is 2.65. The normalized spacial score (nSPS) is 21.1. The van der Waals surface area contributed by atoms with E-state index in [0.29, 0.717) is 5.11 Å². The van der Waals surface area contributed by atoms with Gasteiger partial charge >= 0.3 is 0 Å². The zero-order chi connectivity index (χ0) is 15.5. The standard InChI is InChI=1S/C17H13N3OS/c18-11-14-15(12-7-3-1-4-8-12)20(17(22)19-16(14)21)13-9-5-2-6-10-13/h1-10,14-15H,(H,19,21,22)/t14-,15-/m1/s1. The monoisotopic (exact) mass is 307 g/mol. The molecule has 1 aliphatic rings. The first-order chi connectivity index (χ1) is 10.7. The Morgan fingerprint density at radius 3 is 2.23 bits per heavy atom. The highest BCUT2D eigenvalue weighted by Gasteiger charge is 2.41. The van der Waals surface area contributed by atoms with E-state index in [4.69, 9.17) is 12.2 Å². The zero-order valence-electron chi connectivity index (χ0n) is 11.6. The molecule has 1 fully saturated rings. The Hall–Kier alpha value is -2.71. The maximum absolute atomic E-state index is 12.1. The number of para-hydroxylation sites is 1. The van der Waals surface area contributed by atoms with E-state index in [2.05, 4.69) is 11.4 Å². The van der Waals surface area contributed by atoms with E-state index in [-0.39, 0.29) is 5.91 Å². The number of nitriles is 1. The van der Waals surface area contributed by atoms with E-state index < -0.39 is 12.0 Å². The van der Waals surface area contributed by atoms with Gasteiger partial charge in [0.2, 0.25) is 5.91 Å². The van der Waals surface area contributed by atoms with E-state index in [1.807, 2.05) is 65.6 Å². The van der Waals surface area contributed by atoms with Crippen molar-refractivity contribution in [1.82, 2.24) is 5.32 Å². The van der Waals surface area contributed by atoms with Crippen LogP contribution in [0.5, 0.6) is 0 Å². The molecule has 0 spiro atoms. The number of hydrogen-bond acceptors (Lipinski definition) is 3. The molecule has 0 bridgehead atoms. The smallest absolute Gasteiger partial charge is 0.245 e. The van der Waals surface area contributed by atoms with Gasteiger partial charge in [-0.1, -0.05) is 48.5 Å². The van der Waals surface area contributed by atoms with Crippen LogP contribution in [0.25, 0.3) is 0 Å². The first kappa shape index (κ1) is 14.2. The molecule has 2 aromatic carbocycles. The first-order valence-corrected chi connectivity index (χ1v) is 7.27. The second-order valence-electron chi connectivity index (χ2n) is 4.96. The predicted octanol–water partition coefficient (Wildman–Crippen LogP) is 2.79. The van der Waals surface area contributed by atoms with Gasteiger partial charge in [-0.05, 0) is 29.9 Å². The van der Waals surface area contributed by atoms with Crippen molar-refractivity contribution in [3.05, 3.63) is 66.2 Å². The van der Waals surface area contributed by atoms with E-state index in [9.17, 15) is 10.1 Å². The van der Waals surface area contributed by atoms with Crippen LogP contribution in [-0.2, 0) is 4.79 Å². The van der Waals surface area contributed by atoms with Gasteiger partial charge in [0.15, 0.2) is 11.0 Å². The molecule has 0 aliphatic carbocycles. The Labute approximate surface area is 134 Å². The summed E-state index contributed by atoms with van der Waals surface area (Å²) in [6.07, 6.45) is 0. The van der Waals surface area contributed by atoms with Crippen LogP contribution in [0.4, 0.5) is 5.69 Å². The molecular weight excluding hydrogens is 294 g/mol. The number of carbonyl (C=O) groups is 1. The molecule has 22 heavy (non-hydrogen) atoms. The molecule has 1 saturated heterocycles. The Balaban J connectivity index is 2.14. The van der Waals surface area contributed by atoms with Crippen LogP contribution in [0.3, 0.4) is 0 Å². The van der Waals surface area contributed by atoms with Gasteiger partial charge in [0.05, 0.1) is 12.1 Å². The number of nitrogens with zero attached hydrogens (tertiary/aromatic N) is 2. The van der Waals surface area contributed by atoms with Crippen molar-refractivity contribution >= 4 is 28.9 Å². The minimum absolute atomic E-state index is 0.316. The van der Waals surface area contributed by atoms with Crippen LogP contribution < -0.4 is 10.2 Å². The van der Waals surface area contributed by atoms with Crippen molar-refractivity contribution in [3.8, 4) is 6.07 Å². The van der Waals surface area contributed by atoms with Gasteiger partial charge < -0.3 is 10.2 Å². The molecule has 1 aliphatic heterocycles. The number of carbonyl (C=O) groups excluding carboxylic acids is 1. The van der Waals surface area contributed by atoms with Crippen LogP contribution in [0.15, 0.2) is 60.7 Å². The molecular formula is C17H13N3OS. The highest BCUT2D eigenvalue weighted by molar-refractivity contribution is 7.80. The number of nitrogens with one attached hydrogen (secondary N) is 1. The maximum atomic E-state index is 12.1. The first-order valence-electron chi connectivity index (χ1n) is 6.86. The van der Waals surface area contributed by atoms with E-state index in [0.717, 1.165) is 11.3 Å². The summed E-state index contributed by atoms with van der Waals surface area (Å²) in [6.45, 7) is 0. The molecule has 1 N–H and O–H groups in total. The van der Waals surface area contributed by atoms with Crippen LogP contribution in [-0.4, -0.2) is 11.0 Å². The number of benzene rings is 2. The van der Waals surface area contributed by atoms with E-state index >= 15 is 0 Å². The molecule has 0 saturated carbocycles. The third-order valence-corrected chi connectivity index (χ3v) is 3.94. The SMILES string of the molecule is N#C[C@H]1C(=O)NC(=S)N(c2ccccc2)[C@@H]1c1ccccc1. The van der Waals surface area contributed by atoms with E-state index in [1.54, 1.807) is 0 Å². The van der Waals surface area contributed by atoms with Gasteiger partial charge in [-0.3, -0.25) is 4.79 Å². The average molecular weight is 307 g/mol. The van der Waals surface area contributed by atoms with Crippen molar-refractivity contribution in [2.24, 2.45) is 5.92 Å². The summed E-state index contributed by atoms with van der Waals surface area (Å²) in [5, 5.41) is 12.4. The Kier molecular flexibility index (Phi) is 3.86. The van der Waals surface area contributed by atoms with Gasteiger partial charge in [-0.25, -0.2) is 0 Å². The number of hydrogen-bond donors (Lipinski definition) is 1. The zero-order valence-corrected chi connectivity index (χ0v) is 12.5. The van der Waals surface area contributed by atoms with Crippen molar-refractivity contribution in [3.63, 3.8) is 0 Å². The number of thiocarbonyl (C=S) groups is 1. The van der Waals surface area contributed by atoms with Gasteiger partial charge in [-0.15, -0.1) is 0 Å². The Morgan fingerprint density at radius 1 is 1.05 bits per heavy atom. The maximum Gasteiger partial charge on any atom is 0.245 e. The van der Waals surface area contributed by atoms with Crippen LogP contribution in [0, 0.1) is 17.2 Å². The molecule has 0 aromatic heterocycles. The lowest BCUT2D eigenvalue weighted by molar-refractivity contribution is -0.123. The summed E-state index contributed by atoms with van der Waals surface area (Å²) < 4.78 is 0. The molecule has 108 valence electrons. The molecule has 0 radical (unpaired) electrons. The summed E-state index contributed by atoms with van der Waals surface area (Å²) in [7, 11) is 0. The molecule has 2 atom stereocenters. The van der Waals surface area contributed by atoms with Gasteiger partial charge in [-0.2, -0.15) is 5.26 Å². The molecule has 0 unspecified atom stereocenters. The van der Waals surface area contributed by atoms with Gasteiger partial charge in [0, 0.05) is 5.69 Å². The van der Waals surface area contributed by atoms with Crippen LogP contribution >= 0.6 is 12.2 Å². The summed E-state index contributed by atoms with van der Waals surface area (Å²) in [5.41, 5.74) is 1.73. The van der Waals surface area contributed by atoms with Crippen molar-refractivity contribution in [1.29, 1.82) is 5.26 Å². The largest absolute Gasteiger partial charge is 0.309 e. The van der Waals surface area contributed by atoms with Gasteiger partial charge in [0.25, 0.3) is 0 Å². The Bertz CT molecular complexity index is 740. The lowest BCUT2D eigenvalue weighted by atomic mass is 9.90. The minimum Gasteiger partial charge on any atom is -0.309 e. The Morgan fingerprint density at radius 2 is 1.64 bits per heavy atom. The van der Waals surface area contributed by atoms with Crippen molar-refractivity contribution in [2.75, 3.05) is 4.90 Å². The number of anilines is 1. The predicted molar refractivity (Wildman–Crippen MR) is 87.9 cm³/mol.